The summed E-state index contributed by atoms with van der Waals surface area (Å²) in [6.07, 6.45) is 2.40. The van der Waals surface area contributed by atoms with Crippen molar-refractivity contribution >= 4 is 21.6 Å². The van der Waals surface area contributed by atoms with Crippen molar-refractivity contribution in [1.82, 2.24) is 5.32 Å². The van der Waals surface area contributed by atoms with Crippen LogP contribution < -0.4 is 5.32 Å². The van der Waals surface area contributed by atoms with Crippen LogP contribution in [0.1, 0.15) is 25.3 Å². The minimum Gasteiger partial charge on any atom is -0.378 e. The Morgan fingerprint density at radius 2 is 2.26 bits per heavy atom. The standard InChI is InChI=1S/C13H17BrN2O3/c1-2-19-11-6-10(7-11)15-8-9-4-3-5-12(13(9)14)16(17)18/h3-5,10-11,15H,2,6-8H2,1H3. The van der Waals surface area contributed by atoms with E-state index in [1.807, 2.05) is 13.0 Å². The van der Waals surface area contributed by atoms with E-state index >= 15 is 0 Å². The summed E-state index contributed by atoms with van der Waals surface area (Å²) >= 11 is 3.30. The van der Waals surface area contributed by atoms with Crippen LogP contribution >= 0.6 is 15.9 Å². The molecule has 0 radical (unpaired) electrons. The molecule has 0 unspecified atom stereocenters. The predicted octanol–water partition coefficient (Wildman–Crippen LogP) is 3.01. The Bertz CT molecular complexity index is 461. The molecule has 0 aromatic heterocycles. The van der Waals surface area contributed by atoms with Crippen molar-refractivity contribution < 1.29 is 9.66 Å². The predicted molar refractivity (Wildman–Crippen MR) is 76.1 cm³/mol. The van der Waals surface area contributed by atoms with Crippen molar-refractivity contribution in [2.45, 2.75) is 38.5 Å². The molecule has 1 aromatic rings. The minimum absolute atomic E-state index is 0.111. The first-order valence-electron chi connectivity index (χ1n) is 6.38. The van der Waals surface area contributed by atoms with Gasteiger partial charge in [-0.05, 0) is 41.3 Å². The molecule has 19 heavy (non-hydrogen) atoms. The second-order valence-electron chi connectivity index (χ2n) is 4.63. The first-order chi connectivity index (χ1) is 9.11. The maximum absolute atomic E-state index is 10.8. The largest absolute Gasteiger partial charge is 0.378 e. The Balaban J connectivity index is 1.87. The number of ether oxygens (including phenoxy) is 1. The summed E-state index contributed by atoms with van der Waals surface area (Å²) in [4.78, 5) is 10.5. The van der Waals surface area contributed by atoms with E-state index in [0.717, 1.165) is 25.0 Å². The van der Waals surface area contributed by atoms with Gasteiger partial charge in [0.05, 0.1) is 15.5 Å². The van der Waals surface area contributed by atoms with E-state index in [1.54, 1.807) is 6.07 Å². The van der Waals surface area contributed by atoms with E-state index in [1.165, 1.54) is 6.07 Å². The average Bonchev–Trinajstić information content (AvgIpc) is 2.33. The van der Waals surface area contributed by atoms with Gasteiger partial charge < -0.3 is 10.1 Å². The van der Waals surface area contributed by atoms with Gasteiger partial charge in [0.2, 0.25) is 0 Å². The Hall–Kier alpha value is -0.980. The normalized spacial score (nSPS) is 22.0. The molecule has 1 aliphatic carbocycles. The Labute approximate surface area is 120 Å². The van der Waals surface area contributed by atoms with Crippen LogP contribution in [0, 0.1) is 10.1 Å². The summed E-state index contributed by atoms with van der Waals surface area (Å²) in [5.41, 5.74) is 1.02. The summed E-state index contributed by atoms with van der Waals surface area (Å²) in [6.45, 7) is 3.39. The maximum atomic E-state index is 10.8. The zero-order chi connectivity index (χ0) is 13.8. The lowest BCUT2D eigenvalue weighted by molar-refractivity contribution is -0.385. The van der Waals surface area contributed by atoms with E-state index in [-0.39, 0.29) is 10.6 Å². The summed E-state index contributed by atoms with van der Waals surface area (Å²) in [7, 11) is 0. The third kappa shape index (κ3) is 3.52. The van der Waals surface area contributed by atoms with Gasteiger partial charge in [-0.3, -0.25) is 10.1 Å². The number of hydrogen-bond acceptors (Lipinski definition) is 4. The van der Waals surface area contributed by atoms with Gasteiger partial charge in [0.1, 0.15) is 0 Å². The fourth-order valence-corrected chi connectivity index (χ4v) is 2.75. The van der Waals surface area contributed by atoms with Gasteiger partial charge in [0.25, 0.3) is 5.69 Å². The molecule has 1 N–H and O–H groups in total. The van der Waals surface area contributed by atoms with Gasteiger partial charge in [-0.25, -0.2) is 0 Å². The molecule has 1 aromatic carbocycles. The smallest absolute Gasteiger partial charge is 0.283 e. The minimum atomic E-state index is -0.373. The molecule has 1 fully saturated rings. The first kappa shape index (κ1) is 14.4. The number of rotatable bonds is 6. The van der Waals surface area contributed by atoms with Crippen LogP contribution in [0.2, 0.25) is 0 Å². The molecular weight excluding hydrogens is 312 g/mol. The van der Waals surface area contributed by atoms with Crippen molar-refractivity contribution in [3.05, 3.63) is 38.3 Å². The molecule has 5 nitrogen and oxygen atoms in total. The molecule has 2 rings (SSSR count). The molecule has 1 aliphatic rings. The summed E-state index contributed by atoms with van der Waals surface area (Å²) in [6, 6.07) is 5.55. The zero-order valence-corrected chi connectivity index (χ0v) is 12.4. The lowest BCUT2D eigenvalue weighted by atomic mass is 9.89. The van der Waals surface area contributed by atoms with Crippen molar-refractivity contribution in [2.24, 2.45) is 0 Å². The zero-order valence-electron chi connectivity index (χ0n) is 10.8. The number of benzene rings is 1. The van der Waals surface area contributed by atoms with Gasteiger partial charge >= 0.3 is 0 Å². The highest BCUT2D eigenvalue weighted by molar-refractivity contribution is 9.10. The molecule has 0 amide bonds. The molecule has 0 bridgehead atoms. The molecule has 6 heteroatoms. The summed E-state index contributed by atoms with van der Waals surface area (Å²) < 4.78 is 6.06. The Morgan fingerprint density at radius 3 is 2.89 bits per heavy atom. The van der Waals surface area contributed by atoms with Gasteiger partial charge in [0, 0.05) is 25.3 Å². The monoisotopic (exact) mass is 328 g/mol. The molecule has 0 aliphatic heterocycles. The van der Waals surface area contributed by atoms with Gasteiger partial charge in [-0.2, -0.15) is 0 Å². The fraction of sp³-hybridized carbons (Fsp3) is 0.538. The number of halogens is 1. The Kier molecular flexibility index (Phi) is 4.90. The molecule has 0 atom stereocenters. The van der Waals surface area contributed by atoms with Crippen LogP contribution in [0.3, 0.4) is 0 Å². The van der Waals surface area contributed by atoms with Crippen LogP contribution in [0.15, 0.2) is 22.7 Å². The number of nitrogens with zero attached hydrogens (tertiary/aromatic N) is 1. The highest BCUT2D eigenvalue weighted by atomic mass is 79.9. The average molecular weight is 329 g/mol. The third-order valence-corrected chi connectivity index (χ3v) is 4.25. The van der Waals surface area contributed by atoms with Gasteiger partial charge in [-0.1, -0.05) is 12.1 Å². The number of nitro benzene ring substituents is 1. The van der Waals surface area contributed by atoms with E-state index in [4.69, 9.17) is 4.74 Å². The number of nitrogens with one attached hydrogen (secondary N) is 1. The third-order valence-electron chi connectivity index (χ3n) is 3.33. The summed E-state index contributed by atoms with van der Waals surface area (Å²) in [5, 5.41) is 14.2. The quantitative estimate of drug-likeness (QED) is 0.644. The fourth-order valence-electron chi connectivity index (χ4n) is 2.20. The Morgan fingerprint density at radius 1 is 1.53 bits per heavy atom. The lowest BCUT2D eigenvalue weighted by Gasteiger charge is -2.35. The number of hydrogen-bond donors (Lipinski definition) is 1. The highest BCUT2D eigenvalue weighted by Crippen LogP contribution is 2.29. The van der Waals surface area contributed by atoms with Crippen molar-refractivity contribution in [1.29, 1.82) is 0 Å². The topological polar surface area (TPSA) is 64.4 Å². The molecule has 0 heterocycles. The molecular formula is C13H17BrN2O3. The molecule has 0 spiro atoms. The SMILES string of the molecule is CCOC1CC(NCc2cccc([N+](=O)[O-])c2Br)C1. The van der Waals surface area contributed by atoms with Crippen molar-refractivity contribution in [3.63, 3.8) is 0 Å². The van der Waals surface area contributed by atoms with E-state index in [0.29, 0.717) is 23.2 Å². The summed E-state index contributed by atoms with van der Waals surface area (Å²) in [5.74, 6) is 0. The van der Waals surface area contributed by atoms with Crippen molar-refractivity contribution in [2.75, 3.05) is 6.61 Å². The maximum Gasteiger partial charge on any atom is 0.283 e. The molecule has 104 valence electrons. The second kappa shape index (κ2) is 6.45. The molecule has 1 saturated carbocycles. The first-order valence-corrected chi connectivity index (χ1v) is 7.18. The second-order valence-corrected chi connectivity index (χ2v) is 5.43. The van der Waals surface area contributed by atoms with E-state index in [2.05, 4.69) is 21.2 Å². The number of nitro groups is 1. The van der Waals surface area contributed by atoms with E-state index < -0.39 is 0 Å². The van der Waals surface area contributed by atoms with Crippen LogP contribution in [-0.2, 0) is 11.3 Å². The van der Waals surface area contributed by atoms with Gasteiger partial charge in [-0.15, -0.1) is 0 Å². The van der Waals surface area contributed by atoms with E-state index in [9.17, 15) is 10.1 Å². The lowest BCUT2D eigenvalue weighted by Crippen LogP contribution is -2.45. The van der Waals surface area contributed by atoms with Gasteiger partial charge in [0.15, 0.2) is 0 Å². The highest BCUT2D eigenvalue weighted by Gasteiger charge is 2.29. The van der Waals surface area contributed by atoms with Crippen LogP contribution in [-0.4, -0.2) is 23.7 Å². The van der Waals surface area contributed by atoms with Crippen LogP contribution in [0.4, 0.5) is 5.69 Å². The van der Waals surface area contributed by atoms with Crippen molar-refractivity contribution in [3.8, 4) is 0 Å². The molecule has 0 saturated heterocycles. The van der Waals surface area contributed by atoms with Crippen LogP contribution in [0.5, 0.6) is 0 Å². The van der Waals surface area contributed by atoms with Crippen LogP contribution in [0.25, 0.3) is 0 Å².